The zero-order valence-electron chi connectivity index (χ0n) is 14.2. The van der Waals surface area contributed by atoms with Gasteiger partial charge in [-0.15, -0.1) is 11.8 Å². The summed E-state index contributed by atoms with van der Waals surface area (Å²) in [5.74, 6) is 0.191. The number of halogens is 1. The van der Waals surface area contributed by atoms with Crippen LogP contribution in [0.2, 0.25) is 0 Å². The topological polar surface area (TPSA) is 75.3 Å². The second-order valence-corrected chi connectivity index (χ2v) is 8.77. The van der Waals surface area contributed by atoms with E-state index < -0.39 is 10.0 Å². The van der Waals surface area contributed by atoms with Gasteiger partial charge in [-0.1, -0.05) is 6.92 Å². The van der Waals surface area contributed by atoms with Crippen LogP contribution in [-0.2, 0) is 10.0 Å². The minimum atomic E-state index is -3.55. The Morgan fingerprint density at radius 1 is 1.23 bits per heavy atom. The molecule has 1 aliphatic rings. The maximum absolute atomic E-state index is 13.6. The molecule has 0 spiro atoms. The number of carbonyl (C=O) groups excluding carboxylic acids is 1. The number of fused-ring (bicyclic) bond motifs is 1. The third-order valence-electron chi connectivity index (χ3n) is 4.08. The van der Waals surface area contributed by atoms with E-state index in [4.69, 9.17) is 0 Å². The van der Waals surface area contributed by atoms with Crippen LogP contribution in [0, 0.1) is 5.82 Å². The van der Waals surface area contributed by atoms with E-state index in [1.807, 2.05) is 0 Å². The van der Waals surface area contributed by atoms with Crippen molar-refractivity contribution in [1.82, 2.24) is 10.0 Å². The molecular weight excluding hydrogens is 375 g/mol. The molecule has 5 nitrogen and oxygen atoms in total. The highest BCUT2D eigenvalue weighted by molar-refractivity contribution is 7.99. The SMILES string of the molecule is CCNS(=O)(=O)c1ccc(C(=O)NC2CCSc3ccc(F)cc32)cc1. The number of nitrogens with one attached hydrogen (secondary N) is 2. The minimum absolute atomic E-state index is 0.109. The van der Waals surface area contributed by atoms with Gasteiger partial charge in [0, 0.05) is 22.8 Å². The minimum Gasteiger partial charge on any atom is -0.345 e. The van der Waals surface area contributed by atoms with Crippen molar-refractivity contribution in [2.24, 2.45) is 0 Å². The molecule has 2 aromatic carbocycles. The lowest BCUT2D eigenvalue weighted by molar-refractivity contribution is 0.0934. The Bertz CT molecular complexity index is 915. The van der Waals surface area contributed by atoms with Gasteiger partial charge >= 0.3 is 0 Å². The molecule has 1 aliphatic heterocycles. The molecule has 26 heavy (non-hydrogen) atoms. The first-order valence-electron chi connectivity index (χ1n) is 8.23. The van der Waals surface area contributed by atoms with Crippen LogP contribution >= 0.6 is 11.8 Å². The zero-order chi connectivity index (χ0) is 18.7. The fourth-order valence-electron chi connectivity index (χ4n) is 2.82. The summed E-state index contributed by atoms with van der Waals surface area (Å²) in [7, 11) is -3.55. The van der Waals surface area contributed by atoms with Gasteiger partial charge in [-0.25, -0.2) is 17.5 Å². The lowest BCUT2D eigenvalue weighted by Gasteiger charge is -2.26. The molecular formula is C18H19FN2O3S2. The molecule has 1 heterocycles. The summed E-state index contributed by atoms with van der Waals surface area (Å²) in [6, 6.07) is 10.1. The first-order valence-corrected chi connectivity index (χ1v) is 10.7. The standard InChI is InChI=1S/C18H19FN2O3S2/c1-2-20-26(23,24)14-6-3-12(4-7-14)18(22)21-16-9-10-25-17-8-5-13(19)11-15(16)17/h3-8,11,16,20H,2,9-10H2,1H3,(H,21,22). The molecule has 1 atom stereocenters. The van der Waals surface area contributed by atoms with Crippen molar-refractivity contribution in [2.75, 3.05) is 12.3 Å². The van der Waals surface area contributed by atoms with Gasteiger partial charge < -0.3 is 5.32 Å². The predicted molar refractivity (Wildman–Crippen MR) is 99.3 cm³/mol. The fourth-order valence-corrected chi connectivity index (χ4v) is 4.96. The average Bonchev–Trinajstić information content (AvgIpc) is 2.62. The van der Waals surface area contributed by atoms with Crippen LogP contribution in [0.15, 0.2) is 52.3 Å². The first kappa shape index (κ1) is 18.9. The van der Waals surface area contributed by atoms with Crippen molar-refractivity contribution in [3.8, 4) is 0 Å². The van der Waals surface area contributed by atoms with E-state index in [1.54, 1.807) is 24.8 Å². The molecule has 0 radical (unpaired) electrons. The summed E-state index contributed by atoms with van der Waals surface area (Å²) < 4.78 is 39.9. The van der Waals surface area contributed by atoms with Crippen LogP contribution < -0.4 is 10.0 Å². The van der Waals surface area contributed by atoms with Gasteiger partial charge in [0.25, 0.3) is 5.91 Å². The van der Waals surface area contributed by atoms with Crippen molar-refractivity contribution in [2.45, 2.75) is 29.2 Å². The quantitative estimate of drug-likeness (QED) is 0.817. The third-order valence-corrected chi connectivity index (χ3v) is 6.76. The van der Waals surface area contributed by atoms with Crippen LogP contribution in [0.4, 0.5) is 4.39 Å². The second-order valence-electron chi connectivity index (χ2n) is 5.87. The molecule has 0 saturated carbocycles. The van der Waals surface area contributed by atoms with Crippen molar-refractivity contribution >= 4 is 27.7 Å². The Hall–Kier alpha value is -1.90. The van der Waals surface area contributed by atoms with Crippen molar-refractivity contribution < 1.29 is 17.6 Å². The van der Waals surface area contributed by atoms with Crippen molar-refractivity contribution in [3.63, 3.8) is 0 Å². The van der Waals surface area contributed by atoms with Crippen LogP contribution in [-0.4, -0.2) is 26.6 Å². The van der Waals surface area contributed by atoms with Gasteiger partial charge in [0.2, 0.25) is 10.0 Å². The molecule has 0 saturated heterocycles. The molecule has 2 aromatic rings. The number of hydrogen-bond acceptors (Lipinski definition) is 4. The number of hydrogen-bond donors (Lipinski definition) is 2. The van der Waals surface area contributed by atoms with Gasteiger partial charge in [-0.3, -0.25) is 4.79 Å². The Morgan fingerprint density at radius 3 is 2.65 bits per heavy atom. The summed E-state index contributed by atoms with van der Waals surface area (Å²) in [6.07, 6.45) is 0.708. The van der Waals surface area contributed by atoms with E-state index in [9.17, 15) is 17.6 Å². The van der Waals surface area contributed by atoms with Crippen LogP contribution in [0.3, 0.4) is 0 Å². The molecule has 1 unspecified atom stereocenters. The Labute approximate surface area is 156 Å². The number of thioether (sulfide) groups is 1. The van der Waals surface area contributed by atoms with E-state index in [0.717, 1.165) is 16.2 Å². The molecule has 1 amide bonds. The molecule has 0 aromatic heterocycles. The van der Waals surface area contributed by atoms with Gasteiger partial charge in [0.1, 0.15) is 5.82 Å². The monoisotopic (exact) mass is 394 g/mol. The maximum Gasteiger partial charge on any atom is 0.251 e. The molecule has 2 N–H and O–H groups in total. The van der Waals surface area contributed by atoms with Crippen molar-refractivity contribution in [3.05, 3.63) is 59.4 Å². The smallest absolute Gasteiger partial charge is 0.251 e. The average molecular weight is 394 g/mol. The molecule has 138 valence electrons. The highest BCUT2D eigenvalue weighted by Crippen LogP contribution is 2.36. The highest BCUT2D eigenvalue weighted by atomic mass is 32.2. The van der Waals surface area contributed by atoms with Crippen LogP contribution in [0.25, 0.3) is 0 Å². The predicted octanol–water partition coefficient (Wildman–Crippen LogP) is 3.09. The number of sulfonamides is 1. The van der Waals surface area contributed by atoms with Gasteiger partial charge in [-0.2, -0.15) is 0 Å². The highest BCUT2D eigenvalue weighted by Gasteiger charge is 2.23. The fraction of sp³-hybridized carbons (Fsp3) is 0.278. The van der Waals surface area contributed by atoms with Crippen LogP contribution in [0.1, 0.15) is 35.3 Å². The maximum atomic E-state index is 13.6. The summed E-state index contributed by atoms with van der Waals surface area (Å²) in [5, 5.41) is 2.92. The largest absolute Gasteiger partial charge is 0.345 e. The first-order chi connectivity index (χ1) is 12.4. The summed E-state index contributed by atoms with van der Waals surface area (Å²) in [4.78, 5) is 13.6. The number of rotatable bonds is 5. The van der Waals surface area contributed by atoms with Gasteiger partial charge in [0.05, 0.1) is 10.9 Å². The van der Waals surface area contributed by atoms with E-state index >= 15 is 0 Å². The molecule has 0 bridgehead atoms. The Kier molecular flexibility index (Phi) is 5.64. The summed E-state index contributed by atoms with van der Waals surface area (Å²) in [5.41, 5.74) is 1.14. The lowest BCUT2D eigenvalue weighted by atomic mass is 10.0. The van der Waals surface area contributed by atoms with Gasteiger partial charge in [0.15, 0.2) is 0 Å². The normalized spacial score (nSPS) is 16.8. The van der Waals surface area contributed by atoms with E-state index in [2.05, 4.69) is 10.0 Å². The Balaban J connectivity index is 1.77. The Morgan fingerprint density at radius 2 is 1.96 bits per heavy atom. The van der Waals surface area contributed by atoms with Crippen LogP contribution in [0.5, 0.6) is 0 Å². The van der Waals surface area contributed by atoms with E-state index in [1.165, 1.54) is 36.4 Å². The van der Waals surface area contributed by atoms with E-state index in [-0.39, 0.29) is 22.7 Å². The van der Waals surface area contributed by atoms with Gasteiger partial charge in [-0.05, 0) is 54.4 Å². The molecule has 0 aliphatic carbocycles. The number of benzene rings is 2. The van der Waals surface area contributed by atoms with Crippen molar-refractivity contribution in [1.29, 1.82) is 0 Å². The summed E-state index contributed by atoms with van der Waals surface area (Å²) in [6.45, 7) is 1.99. The summed E-state index contributed by atoms with van der Waals surface area (Å²) >= 11 is 1.64. The molecule has 8 heteroatoms. The molecule has 3 rings (SSSR count). The zero-order valence-corrected chi connectivity index (χ0v) is 15.8. The van der Waals surface area contributed by atoms with E-state index in [0.29, 0.717) is 18.5 Å². The molecule has 0 fully saturated rings. The number of carbonyl (C=O) groups is 1. The lowest BCUT2D eigenvalue weighted by Crippen LogP contribution is -2.30. The second kappa shape index (κ2) is 7.77. The third kappa shape index (κ3) is 4.08. The number of amides is 1.